The van der Waals surface area contributed by atoms with Crippen molar-refractivity contribution in [3.63, 3.8) is 0 Å². The maximum atomic E-state index is 12.7. The monoisotopic (exact) mass is 593 g/mol. The number of aliphatic carboxylic acids is 1. The maximum Gasteiger partial charge on any atom is 0.335 e. The Hall–Kier alpha value is -4.34. The predicted molar refractivity (Wildman–Crippen MR) is 144 cm³/mol. The van der Waals surface area contributed by atoms with Crippen molar-refractivity contribution in [1.82, 2.24) is 10.2 Å². The number of aldehydes is 1. The number of anilines is 1. The van der Waals surface area contributed by atoms with E-state index in [1.807, 2.05) is 0 Å². The Balaban J connectivity index is 1.96. The van der Waals surface area contributed by atoms with Gasteiger partial charge in [0.25, 0.3) is 0 Å². The average molecular weight is 594 g/mol. The fraction of sp³-hybridized carbons (Fsp3) is 0.481. The standard InChI is InChI=1S/C27H35N3O12/c1-16(32)40-15-17-7-8-20(41-24-14-19(33)25(37)26(42-24)27(38)39)18(13-17)29-22(35)9-10-28-21(34)5-3-11-30(2)23(36)6-4-12-31/h4,6-8,12-13,19,24-26,33,37H,3,5,9-11,14-15H2,1-2H3,(H,28,34)(H,29,35)(H,38,39)/b6-4-/t19?,24?,25-,26?/m0/s1. The number of aliphatic hydroxyl groups is 2. The third-order valence-electron chi connectivity index (χ3n) is 5.96. The zero-order chi connectivity index (χ0) is 31.2. The van der Waals surface area contributed by atoms with Gasteiger partial charge in [-0.25, -0.2) is 4.79 Å². The second-order valence-corrected chi connectivity index (χ2v) is 9.35. The summed E-state index contributed by atoms with van der Waals surface area (Å²) in [6.07, 6.45) is -3.31. The number of nitrogens with zero attached hydrogens (tertiary/aromatic N) is 1. The van der Waals surface area contributed by atoms with Gasteiger partial charge in [0.1, 0.15) is 24.7 Å². The number of rotatable bonds is 15. The number of hydrogen-bond donors (Lipinski definition) is 5. The molecule has 0 spiro atoms. The second kappa shape index (κ2) is 16.8. The van der Waals surface area contributed by atoms with Crippen LogP contribution in [0.2, 0.25) is 0 Å². The van der Waals surface area contributed by atoms with Crippen molar-refractivity contribution in [2.24, 2.45) is 0 Å². The van der Waals surface area contributed by atoms with Crippen LogP contribution in [0, 0.1) is 0 Å². The topological polar surface area (TPSA) is 218 Å². The van der Waals surface area contributed by atoms with Crippen LogP contribution in [0.5, 0.6) is 5.75 Å². The summed E-state index contributed by atoms with van der Waals surface area (Å²) in [7, 11) is 1.54. The number of carbonyl (C=O) groups is 6. The van der Waals surface area contributed by atoms with Crippen LogP contribution in [0.1, 0.15) is 38.2 Å². The fourth-order valence-corrected chi connectivity index (χ4v) is 3.76. The first-order chi connectivity index (χ1) is 19.9. The van der Waals surface area contributed by atoms with Gasteiger partial charge in [-0.1, -0.05) is 6.07 Å². The summed E-state index contributed by atoms with van der Waals surface area (Å²) in [5.41, 5.74) is 0.623. The Bertz CT molecular complexity index is 1170. The lowest BCUT2D eigenvalue weighted by Crippen LogP contribution is -2.53. The minimum atomic E-state index is -1.73. The Labute approximate surface area is 241 Å². The minimum absolute atomic E-state index is 0.000939. The molecule has 42 heavy (non-hydrogen) atoms. The van der Waals surface area contributed by atoms with E-state index < -0.39 is 42.4 Å². The van der Waals surface area contributed by atoms with E-state index in [1.165, 1.54) is 31.0 Å². The summed E-state index contributed by atoms with van der Waals surface area (Å²) in [6, 6.07) is 4.45. The van der Waals surface area contributed by atoms with Crippen molar-refractivity contribution in [3.8, 4) is 5.75 Å². The van der Waals surface area contributed by atoms with Gasteiger partial charge in [-0.3, -0.25) is 24.0 Å². The third-order valence-corrected chi connectivity index (χ3v) is 5.96. The summed E-state index contributed by atoms with van der Waals surface area (Å²) in [5, 5.41) is 34.4. The molecule has 5 N–H and O–H groups in total. The number of benzene rings is 1. The molecule has 0 saturated carbocycles. The lowest BCUT2D eigenvalue weighted by molar-refractivity contribution is -0.228. The molecule has 1 fully saturated rings. The second-order valence-electron chi connectivity index (χ2n) is 9.35. The first-order valence-electron chi connectivity index (χ1n) is 13.0. The molecule has 1 aliphatic rings. The molecule has 15 nitrogen and oxygen atoms in total. The van der Waals surface area contributed by atoms with Crippen molar-refractivity contribution in [2.75, 3.05) is 25.5 Å². The number of nitrogens with one attached hydrogen (secondary N) is 2. The molecule has 0 aromatic heterocycles. The maximum absolute atomic E-state index is 12.7. The number of ether oxygens (including phenoxy) is 3. The Morgan fingerprint density at radius 3 is 2.55 bits per heavy atom. The summed E-state index contributed by atoms with van der Waals surface area (Å²) in [4.78, 5) is 70.7. The zero-order valence-corrected chi connectivity index (χ0v) is 23.2. The molecule has 3 amide bonds. The molecule has 2 rings (SSSR count). The molecule has 15 heteroatoms. The van der Waals surface area contributed by atoms with Crippen LogP contribution in [0.15, 0.2) is 30.4 Å². The van der Waals surface area contributed by atoms with Gasteiger partial charge in [0.05, 0.1) is 11.8 Å². The summed E-state index contributed by atoms with van der Waals surface area (Å²) in [6.45, 7) is 1.42. The van der Waals surface area contributed by atoms with Crippen molar-refractivity contribution >= 4 is 41.6 Å². The molecule has 1 aromatic carbocycles. The molecule has 4 atom stereocenters. The lowest BCUT2D eigenvalue weighted by Gasteiger charge is -2.35. The molecule has 1 aromatic rings. The van der Waals surface area contributed by atoms with Gasteiger partial charge >= 0.3 is 11.9 Å². The van der Waals surface area contributed by atoms with Gasteiger partial charge in [0, 0.05) is 52.4 Å². The van der Waals surface area contributed by atoms with E-state index in [2.05, 4.69) is 10.6 Å². The zero-order valence-electron chi connectivity index (χ0n) is 23.2. The normalized spacial score (nSPS) is 19.9. The molecule has 0 bridgehead atoms. The number of aliphatic hydroxyl groups excluding tert-OH is 2. The van der Waals surface area contributed by atoms with Crippen LogP contribution in [0.3, 0.4) is 0 Å². The molecule has 230 valence electrons. The van der Waals surface area contributed by atoms with Crippen LogP contribution in [-0.2, 0) is 44.8 Å². The number of allylic oxidation sites excluding steroid dienone is 1. The predicted octanol–water partition coefficient (Wildman–Crippen LogP) is -0.512. The first-order valence-corrected chi connectivity index (χ1v) is 13.0. The quantitative estimate of drug-likeness (QED) is 0.0987. The van der Waals surface area contributed by atoms with E-state index in [9.17, 15) is 44.1 Å². The van der Waals surface area contributed by atoms with Crippen LogP contribution in [0.25, 0.3) is 0 Å². The number of hydrogen-bond acceptors (Lipinski definition) is 11. The molecule has 0 aliphatic carbocycles. The number of esters is 1. The van der Waals surface area contributed by atoms with Gasteiger partial charge in [0.15, 0.2) is 6.10 Å². The van der Waals surface area contributed by atoms with Gasteiger partial charge in [-0.15, -0.1) is 0 Å². The third kappa shape index (κ3) is 11.3. The number of carboxylic acid groups (broad SMARTS) is 1. The molecule has 0 radical (unpaired) electrons. The summed E-state index contributed by atoms with van der Waals surface area (Å²) >= 11 is 0. The van der Waals surface area contributed by atoms with Crippen LogP contribution >= 0.6 is 0 Å². The van der Waals surface area contributed by atoms with Gasteiger partial charge in [0.2, 0.25) is 24.0 Å². The fourth-order valence-electron chi connectivity index (χ4n) is 3.76. The van der Waals surface area contributed by atoms with Gasteiger partial charge in [-0.05, 0) is 30.2 Å². The largest absolute Gasteiger partial charge is 0.479 e. The van der Waals surface area contributed by atoms with Crippen LogP contribution in [0.4, 0.5) is 5.69 Å². The molecule has 3 unspecified atom stereocenters. The van der Waals surface area contributed by atoms with E-state index in [-0.39, 0.29) is 62.2 Å². The number of carbonyl (C=O) groups excluding carboxylic acids is 5. The van der Waals surface area contributed by atoms with Crippen molar-refractivity contribution in [2.45, 2.75) is 63.8 Å². The van der Waals surface area contributed by atoms with Gasteiger partial charge in [-0.2, -0.15) is 0 Å². The highest BCUT2D eigenvalue weighted by atomic mass is 16.7. The smallest absolute Gasteiger partial charge is 0.335 e. The Kier molecular flexibility index (Phi) is 13.6. The van der Waals surface area contributed by atoms with E-state index in [0.717, 1.165) is 12.2 Å². The number of amides is 3. The Morgan fingerprint density at radius 1 is 1.14 bits per heavy atom. The van der Waals surface area contributed by atoms with Crippen molar-refractivity contribution < 1.29 is 58.3 Å². The molecule has 1 aliphatic heterocycles. The number of likely N-dealkylation sites (N-methyl/N-ethyl adjacent to an activating group) is 1. The molecular formula is C27H35N3O12. The summed E-state index contributed by atoms with van der Waals surface area (Å²) < 4.78 is 16.0. The van der Waals surface area contributed by atoms with Crippen LogP contribution in [-0.4, -0.2) is 101 Å². The highest BCUT2D eigenvalue weighted by molar-refractivity contribution is 5.93. The van der Waals surface area contributed by atoms with Crippen molar-refractivity contribution in [1.29, 1.82) is 0 Å². The van der Waals surface area contributed by atoms with E-state index in [1.54, 1.807) is 6.07 Å². The molecular weight excluding hydrogens is 558 g/mol. The van der Waals surface area contributed by atoms with E-state index in [4.69, 9.17) is 14.2 Å². The van der Waals surface area contributed by atoms with Crippen molar-refractivity contribution in [3.05, 3.63) is 35.9 Å². The molecule has 1 saturated heterocycles. The molecule has 1 heterocycles. The summed E-state index contributed by atoms with van der Waals surface area (Å²) in [5.74, 6) is -3.17. The Morgan fingerprint density at radius 2 is 1.88 bits per heavy atom. The highest BCUT2D eigenvalue weighted by Crippen LogP contribution is 2.31. The average Bonchev–Trinajstić information content (AvgIpc) is 2.93. The van der Waals surface area contributed by atoms with E-state index >= 15 is 0 Å². The number of carboxylic acids is 1. The van der Waals surface area contributed by atoms with Crippen LogP contribution < -0.4 is 15.4 Å². The highest BCUT2D eigenvalue weighted by Gasteiger charge is 2.42. The van der Waals surface area contributed by atoms with Gasteiger partial charge < -0.3 is 45.1 Å². The first kappa shape index (κ1) is 33.9. The minimum Gasteiger partial charge on any atom is -0.479 e. The lowest BCUT2D eigenvalue weighted by atomic mass is 10.0. The SMILES string of the molecule is CC(=O)OCc1ccc(OC2CC(O)[C@H](O)C(C(=O)O)O2)c(NC(=O)CCNC(=O)CCCN(C)C(=O)/C=C\C=O)c1. The van der Waals surface area contributed by atoms with E-state index in [0.29, 0.717) is 18.3 Å².